The van der Waals surface area contributed by atoms with Gasteiger partial charge in [0.05, 0.1) is 18.2 Å². The van der Waals surface area contributed by atoms with Crippen molar-refractivity contribution in [2.45, 2.75) is 45.9 Å². The molecule has 20 heavy (non-hydrogen) atoms. The molecule has 5 heteroatoms. The first-order valence-electron chi connectivity index (χ1n) is 7.92. The largest absolute Gasteiger partial charge is 0.373 e. The zero-order valence-corrected chi connectivity index (χ0v) is 13.3. The normalized spacial score (nSPS) is 31.3. The topological polar surface area (TPSA) is 36.0 Å². The van der Waals surface area contributed by atoms with E-state index < -0.39 is 0 Å². The molecule has 2 heterocycles. The van der Waals surface area contributed by atoms with Crippen LogP contribution in [0.25, 0.3) is 0 Å². The number of carbonyl (C=O) groups is 1. The highest BCUT2D eigenvalue weighted by molar-refractivity contribution is 5.81. The van der Waals surface area contributed by atoms with Gasteiger partial charge in [-0.2, -0.15) is 0 Å². The second-order valence-electron chi connectivity index (χ2n) is 6.15. The number of ether oxygens (including phenoxy) is 1. The summed E-state index contributed by atoms with van der Waals surface area (Å²) in [6.07, 6.45) is 0.428. The lowest BCUT2D eigenvalue weighted by molar-refractivity contribution is -0.143. The fourth-order valence-corrected chi connectivity index (χ4v) is 3.24. The molecule has 0 saturated carbocycles. The summed E-state index contributed by atoms with van der Waals surface area (Å²) < 4.78 is 5.75. The average molecular weight is 283 g/mol. The molecule has 3 unspecified atom stereocenters. The zero-order chi connectivity index (χ0) is 14.7. The Labute approximate surface area is 122 Å². The monoisotopic (exact) mass is 283 g/mol. The molecule has 0 aliphatic carbocycles. The van der Waals surface area contributed by atoms with E-state index in [4.69, 9.17) is 4.74 Å². The number of hydrogen-bond donors (Lipinski definition) is 0. The highest BCUT2D eigenvalue weighted by Crippen LogP contribution is 2.15. The predicted octanol–water partition coefficient (Wildman–Crippen LogP) is 0.648. The van der Waals surface area contributed by atoms with Crippen LogP contribution in [0.4, 0.5) is 0 Å². The molecular weight excluding hydrogens is 254 g/mol. The van der Waals surface area contributed by atoms with Crippen molar-refractivity contribution in [3.05, 3.63) is 0 Å². The lowest BCUT2D eigenvalue weighted by Crippen LogP contribution is -2.57. The van der Waals surface area contributed by atoms with Gasteiger partial charge in [-0.1, -0.05) is 6.92 Å². The van der Waals surface area contributed by atoms with E-state index in [0.29, 0.717) is 0 Å². The van der Waals surface area contributed by atoms with Crippen molar-refractivity contribution in [3.8, 4) is 0 Å². The molecule has 2 saturated heterocycles. The molecule has 0 N–H and O–H groups in total. The summed E-state index contributed by atoms with van der Waals surface area (Å²) in [5.74, 6) is 0.280. The Kier molecular flexibility index (Phi) is 5.41. The molecule has 116 valence electrons. The van der Waals surface area contributed by atoms with Gasteiger partial charge >= 0.3 is 0 Å². The van der Waals surface area contributed by atoms with Crippen LogP contribution in [0.2, 0.25) is 0 Å². The number of amides is 1. The van der Waals surface area contributed by atoms with Gasteiger partial charge in [-0.25, -0.2) is 0 Å². The van der Waals surface area contributed by atoms with E-state index in [0.717, 1.165) is 45.8 Å². The van der Waals surface area contributed by atoms with Crippen molar-refractivity contribution >= 4 is 5.91 Å². The second-order valence-corrected chi connectivity index (χ2v) is 6.15. The van der Waals surface area contributed by atoms with Gasteiger partial charge in [-0.3, -0.25) is 9.69 Å². The molecule has 0 aromatic heterocycles. The number of hydrogen-bond acceptors (Lipinski definition) is 4. The Bertz CT molecular complexity index is 319. The van der Waals surface area contributed by atoms with E-state index in [1.807, 2.05) is 11.8 Å². The van der Waals surface area contributed by atoms with E-state index in [1.54, 1.807) is 0 Å². The van der Waals surface area contributed by atoms with Gasteiger partial charge in [0.1, 0.15) is 0 Å². The maximum atomic E-state index is 12.6. The van der Waals surface area contributed by atoms with Crippen LogP contribution >= 0.6 is 0 Å². The fourth-order valence-electron chi connectivity index (χ4n) is 3.24. The number of carbonyl (C=O) groups excluding carboxylic acids is 1. The molecule has 5 nitrogen and oxygen atoms in total. The smallest absolute Gasteiger partial charge is 0.239 e. The molecule has 0 aromatic rings. The van der Waals surface area contributed by atoms with Crippen molar-refractivity contribution in [1.82, 2.24) is 14.7 Å². The van der Waals surface area contributed by atoms with Crippen molar-refractivity contribution in [1.29, 1.82) is 0 Å². The number of nitrogens with zero attached hydrogens (tertiary/aromatic N) is 3. The van der Waals surface area contributed by atoms with Gasteiger partial charge in [0.15, 0.2) is 0 Å². The minimum absolute atomic E-state index is 0.0306. The molecule has 3 atom stereocenters. The highest BCUT2D eigenvalue weighted by Gasteiger charge is 2.32. The fraction of sp³-hybridized carbons (Fsp3) is 0.933. The molecular formula is C15H29N3O2. The maximum absolute atomic E-state index is 12.6. The predicted molar refractivity (Wildman–Crippen MR) is 79.7 cm³/mol. The molecule has 2 fully saturated rings. The summed E-state index contributed by atoms with van der Waals surface area (Å²) in [5, 5.41) is 0. The first-order chi connectivity index (χ1) is 9.51. The lowest BCUT2D eigenvalue weighted by Gasteiger charge is -2.41. The molecule has 2 aliphatic rings. The summed E-state index contributed by atoms with van der Waals surface area (Å²) in [6, 6.07) is -0.0306. The van der Waals surface area contributed by atoms with E-state index >= 15 is 0 Å². The molecule has 0 aromatic carbocycles. The van der Waals surface area contributed by atoms with E-state index in [1.165, 1.54) is 0 Å². The Morgan fingerprint density at radius 1 is 1.15 bits per heavy atom. The van der Waals surface area contributed by atoms with Crippen LogP contribution in [-0.4, -0.2) is 84.7 Å². The van der Waals surface area contributed by atoms with Crippen molar-refractivity contribution in [3.63, 3.8) is 0 Å². The Hall–Kier alpha value is -0.650. The van der Waals surface area contributed by atoms with Crippen LogP contribution in [0, 0.1) is 0 Å². The molecule has 0 bridgehead atoms. The third-order valence-corrected chi connectivity index (χ3v) is 4.48. The summed E-state index contributed by atoms with van der Waals surface area (Å²) in [5.41, 5.74) is 0. The Morgan fingerprint density at radius 2 is 1.70 bits per heavy atom. The van der Waals surface area contributed by atoms with Gasteiger partial charge in [0, 0.05) is 39.3 Å². The molecule has 2 rings (SSSR count). The standard InChI is InChI=1S/C15H29N3O2/c1-5-16-6-8-17(9-7-16)15(19)14(4)18-10-12(2)20-13(3)11-18/h12-14H,5-11H2,1-4H3. The SMILES string of the molecule is CCN1CCN(C(=O)C(C)N2CC(C)OC(C)C2)CC1. The molecule has 2 aliphatic heterocycles. The Morgan fingerprint density at radius 3 is 2.20 bits per heavy atom. The molecule has 1 amide bonds. The van der Waals surface area contributed by atoms with Gasteiger partial charge in [-0.15, -0.1) is 0 Å². The minimum Gasteiger partial charge on any atom is -0.373 e. The quantitative estimate of drug-likeness (QED) is 0.762. The van der Waals surface area contributed by atoms with Crippen LogP contribution in [-0.2, 0) is 9.53 Å². The van der Waals surface area contributed by atoms with Crippen LogP contribution < -0.4 is 0 Å². The van der Waals surface area contributed by atoms with Gasteiger partial charge < -0.3 is 14.5 Å². The second kappa shape index (κ2) is 6.87. The third-order valence-electron chi connectivity index (χ3n) is 4.48. The number of morpholine rings is 1. The van der Waals surface area contributed by atoms with Crippen molar-refractivity contribution in [2.75, 3.05) is 45.8 Å². The van der Waals surface area contributed by atoms with Crippen LogP contribution in [0.15, 0.2) is 0 Å². The maximum Gasteiger partial charge on any atom is 0.239 e. The van der Waals surface area contributed by atoms with Crippen molar-refractivity contribution in [2.24, 2.45) is 0 Å². The van der Waals surface area contributed by atoms with Gasteiger partial charge in [0.2, 0.25) is 5.91 Å². The number of rotatable bonds is 3. The molecule has 0 spiro atoms. The Balaban J connectivity index is 1.88. The lowest BCUT2D eigenvalue weighted by atomic mass is 10.1. The summed E-state index contributed by atoms with van der Waals surface area (Å²) in [4.78, 5) is 19.3. The van der Waals surface area contributed by atoms with E-state index in [2.05, 4.69) is 30.6 Å². The third kappa shape index (κ3) is 3.71. The summed E-state index contributed by atoms with van der Waals surface area (Å²) >= 11 is 0. The van der Waals surface area contributed by atoms with E-state index in [9.17, 15) is 4.79 Å². The van der Waals surface area contributed by atoms with Crippen LogP contribution in [0.1, 0.15) is 27.7 Å². The zero-order valence-electron chi connectivity index (χ0n) is 13.3. The highest BCUT2D eigenvalue weighted by atomic mass is 16.5. The number of likely N-dealkylation sites (N-methyl/N-ethyl adjacent to an activating group) is 1. The first-order valence-corrected chi connectivity index (χ1v) is 7.92. The van der Waals surface area contributed by atoms with Gasteiger partial charge in [0.25, 0.3) is 0 Å². The van der Waals surface area contributed by atoms with Crippen LogP contribution in [0.3, 0.4) is 0 Å². The number of piperazine rings is 1. The van der Waals surface area contributed by atoms with Gasteiger partial charge in [-0.05, 0) is 27.3 Å². The molecule has 0 radical (unpaired) electrons. The van der Waals surface area contributed by atoms with Crippen molar-refractivity contribution < 1.29 is 9.53 Å². The summed E-state index contributed by atoms with van der Waals surface area (Å²) in [6.45, 7) is 14.9. The average Bonchev–Trinajstić information content (AvgIpc) is 2.45. The first kappa shape index (κ1) is 15.7. The van der Waals surface area contributed by atoms with E-state index in [-0.39, 0.29) is 24.2 Å². The minimum atomic E-state index is -0.0306. The van der Waals surface area contributed by atoms with Crippen LogP contribution in [0.5, 0.6) is 0 Å². The summed E-state index contributed by atoms with van der Waals surface area (Å²) in [7, 11) is 0.